The molecule has 0 aliphatic rings. The van der Waals surface area contributed by atoms with Crippen LogP contribution in [0.5, 0.6) is 0 Å². The summed E-state index contributed by atoms with van der Waals surface area (Å²) in [6, 6.07) is 129. The molecular formula is C74H64O2P4W. The first kappa shape index (κ1) is 62.6. The van der Waals surface area contributed by atoms with Gasteiger partial charge in [0.1, 0.15) is 13.6 Å². The van der Waals surface area contributed by atoms with Crippen LogP contribution in [0.4, 0.5) is 0 Å². The summed E-state index contributed by atoms with van der Waals surface area (Å²) in [7, 11) is -1.78. The second-order valence-corrected chi connectivity index (χ2v) is 26.2. The van der Waals surface area contributed by atoms with Crippen molar-refractivity contribution in [1.82, 2.24) is 0 Å². The van der Waals surface area contributed by atoms with Gasteiger partial charge in [0.05, 0.1) is 0 Å². The molecule has 81 heavy (non-hydrogen) atoms. The number of carbonyl (C=O) groups is 2. The van der Waals surface area contributed by atoms with Gasteiger partial charge in [0, 0.05) is 21.1 Å². The van der Waals surface area contributed by atoms with E-state index in [-0.39, 0.29) is 21.1 Å². The summed E-state index contributed by atoms with van der Waals surface area (Å²) in [6.07, 6.45) is 0. The molecule has 0 aliphatic carbocycles. The minimum Gasteiger partial charge on any atom is -0.307 e. The first-order valence-corrected chi connectivity index (χ1v) is 31.6. The van der Waals surface area contributed by atoms with Crippen molar-refractivity contribution >= 4 is 109 Å². The zero-order valence-electron chi connectivity index (χ0n) is 45.1. The average molecular weight is 1290 g/mol. The van der Waals surface area contributed by atoms with Crippen molar-refractivity contribution in [3.05, 3.63) is 364 Å². The van der Waals surface area contributed by atoms with E-state index in [1.807, 2.05) is 13.6 Å². The van der Waals surface area contributed by atoms with Gasteiger partial charge in [0.25, 0.3) is 0 Å². The Kier molecular flexibility index (Phi) is 28.3. The molecule has 0 heterocycles. The van der Waals surface area contributed by atoms with E-state index in [9.17, 15) is 0 Å². The first-order chi connectivity index (χ1) is 39.8. The van der Waals surface area contributed by atoms with Gasteiger partial charge >= 0.3 is 0 Å². The fourth-order valence-corrected chi connectivity index (χ4v) is 17.9. The molecule has 0 amide bonds. The number of hydrogen-bond donors (Lipinski definition) is 0. The van der Waals surface area contributed by atoms with Crippen LogP contribution in [-0.4, -0.2) is 13.6 Å². The third kappa shape index (κ3) is 19.3. The van der Waals surface area contributed by atoms with Crippen LogP contribution in [0.2, 0.25) is 0 Å². The summed E-state index contributed by atoms with van der Waals surface area (Å²) >= 11 is 0. The topological polar surface area (TPSA) is 34.1 Å². The Morgan fingerprint density at radius 1 is 0.136 bits per heavy atom. The van der Waals surface area contributed by atoms with Gasteiger partial charge in [-0.1, -0.05) is 364 Å². The molecule has 2 nitrogen and oxygen atoms in total. The van der Waals surface area contributed by atoms with Gasteiger partial charge in [-0.2, -0.15) is 0 Å². The molecule has 12 rings (SSSR count). The van der Waals surface area contributed by atoms with Crippen LogP contribution in [0.3, 0.4) is 0 Å². The van der Waals surface area contributed by atoms with E-state index in [1.165, 1.54) is 63.7 Å². The van der Waals surface area contributed by atoms with Gasteiger partial charge in [-0.25, -0.2) is 0 Å². The standard InChI is InChI=1S/4C18H15P.2CH2O.W/c4*1-4-10-16(11-5-1)19(17-12-6-2-7-13-17)18-14-8-3-9-15-18;2*1-2;/h4*1-15H;2*1H2;. The molecule has 7 heteroatoms. The number of benzene rings is 12. The monoisotopic (exact) mass is 1290 g/mol. The number of hydrogen-bond acceptors (Lipinski definition) is 2. The minimum absolute atomic E-state index is 0. The zero-order chi connectivity index (χ0) is 55.7. The third-order valence-electron chi connectivity index (χ3n) is 12.2. The van der Waals surface area contributed by atoms with E-state index in [1.54, 1.807) is 0 Å². The van der Waals surface area contributed by atoms with Gasteiger partial charge in [-0.3, -0.25) is 0 Å². The molecule has 12 aromatic rings. The van der Waals surface area contributed by atoms with Crippen LogP contribution in [0.25, 0.3) is 0 Å². The molecule has 0 N–H and O–H groups in total. The van der Waals surface area contributed by atoms with Gasteiger partial charge in [0.15, 0.2) is 0 Å². The predicted octanol–water partition coefficient (Wildman–Crippen LogP) is 13.4. The molecule has 0 atom stereocenters. The Hall–Kier alpha value is -7.61. The van der Waals surface area contributed by atoms with Gasteiger partial charge in [0.2, 0.25) is 0 Å². The fourth-order valence-electron chi connectivity index (χ4n) is 8.71. The Morgan fingerprint density at radius 3 is 0.259 bits per heavy atom. The van der Waals surface area contributed by atoms with Crippen molar-refractivity contribution in [3.8, 4) is 0 Å². The number of rotatable bonds is 12. The third-order valence-corrected chi connectivity index (χ3v) is 21.9. The Morgan fingerprint density at radius 2 is 0.198 bits per heavy atom. The van der Waals surface area contributed by atoms with Crippen molar-refractivity contribution in [2.24, 2.45) is 0 Å². The molecule has 0 spiro atoms. The van der Waals surface area contributed by atoms with Crippen LogP contribution < -0.4 is 63.7 Å². The van der Waals surface area contributed by atoms with Crippen LogP contribution in [-0.2, 0) is 30.7 Å². The first-order valence-electron chi connectivity index (χ1n) is 26.2. The van der Waals surface area contributed by atoms with Crippen LogP contribution in [0.15, 0.2) is 364 Å². The molecule has 0 saturated carbocycles. The summed E-state index contributed by atoms with van der Waals surface area (Å²) in [5.74, 6) is 0. The van der Waals surface area contributed by atoms with Gasteiger partial charge in [-0.15, -0.1) is 0 Å². The summed E-state index contributed by atoms with van der Waals surface area (Å²) < 4.78 is 0. The van der Waals surface area contributed by atoms with E-state index in [0.29, 0.717) is 0 Å². The minimum atomic E-state index is -0.446. The summed E-state index contributed by atoms with van der Waals surface area (Å²) in [6.45, 7) is 4.00. The molecule has 0 fully saturated rings. The van der Waals surface area contributed by atoms with Crippen molar-refractivity contribution in [3.63, 3.8) is 0 Å². The summed E-state index contributed by atoms with van der Waals surface area (Å²) in [5, 5.41) is 16.8. The Bertz CT molecular complexity index is 2630. The van der Waals surface area contributed by atoms with Crippen molar-refractivity contribution in [2.45, 2.75) is 0 Å². The maximum absolute atomic E-state index is 8.00. The summed E-state index contributed by atoms with van der Waals surface area (Å²) in [4.78, 5) is 16.0. The zero-order valence-corrected chi connectivity index (χ0v) is 51.6. The maximum Gasteiger partial charge on any atom is 0.106 e. The van der Waals surface area contributed by atoms with Crippen LogP contribution >= 0.6 is 31.7 Å². The van der Waals surface area contributed by atoms with Crippen LogP contribution in [0, 0.1) is 0 Å². The van der Waals surface area contributed by atoms with Gasteiger partial charge in [-0.05, 0) is 95.3 Å². The van der Waals surface area contributed by atoms with Crippen molar-refractivity contribution in [2.75, 3.05) is 0 Å². The Balaban J connectivity index is 0.000000170. The Labute approximate surface area is 500 Å². The van der Waals surface area contributed by atoms with Crippen molar-refractivity contribution in [1.29, 1.82) is 0 Å². The molecule has 12 aromatic carbocycles. The molecule has 398 valence electrons. The molecule has 0 saturated heterocycles. The molecule has 0 unspecified atom stereocenters. The van der Waals surface area contributed by atoms with E-state index in [4.69, 9.17) is 9.59 Å². The quantitative estimate of drug-likeness (QED) is 0.114. The normalized spacial score (nSPS) is 10.0. The second kappa shape index (κ2) is 36.6. The fraction of sp³-hybridized carbons (Fsp3) is 0. The average Bonchev–Trinajstić information content (AvgIpc) is 3.56. The molecule has 0 aliphatic heterocycles. The largest absolute Gasteiger partial charge is 0.307 e. The van der Waals surface area contributed by atoms with E-state index >= 15 is 0 Å². The van der Waals surface area contributed by atoms with Crippen LogP contribution in [0.1, 0.15) is 0 Å². The molecular weight excluding hydrogens is 1230 g/mol. The second-order valence-electron chi connectivity index (χ2n) is 17.4. The van der Waals surface area contributed by atoms with Crippen molar-refractivity contribution < 1.29 is 30.7 Å². The smallest absolute Gasteiger partial charge is 0.106 e. The van der Waals surface area contributed by atoms with E-state index in [2.05, 4.69) is 364 Å². The SMILES string of the molecule is C=O.C=O.[W].c1ccc(P(c2ccccc2)c2ccccc2)cc1.c1ccc(P(c2ccccc2)c2ccccc2)cc1.c1ccc(P(c2ccccc2)c2ccccc2)cc1.c1ccc(P(c2ccccc2)c2ccccc2)cc1. The molecule has 0 aromatic heterocycles. The van der Waals surface area contributed by atoms with E-state index in [0.717, 1.165) is 0 Å². The summed E-state index contributed by atoms with van der Waals surface area (Å²) in [5.41, 5.74) is 0. The predicted molar refractivity (Wildman–Crippen MR) is 355 cm³/mol. The molecule has 0 radical (unpaired) electrons. The maximum atomic E-state index is 8.00. The van der Waals surface area contributed by atoms with Gasteiger partial charge < -0.3 is 9.59 Å². The molecule has 0 bridgehead atoms. The van der Waals surface area contributed by atoms with E-state index < -0.39 is 31.7 Å². The number of carbonyl (C=O) groups excluding carboxylic acids is 2.